The van der Waals surface area contributed by atoms with Gasteiger partial charge < -0.3 is 4.74 Å². The second kappa shape index (κ2) is 6.00. The van der Waals surface area contributed by atoms with Crippen LogP contribution in [0.4, 0.5) is 4.39 Å². The van der Waals surface area contributed by atoms with Gasteiger partial charge in [0.25, 0.3) is 0 Å². The number of nitrogens with zero attached hydrogens (tertiary/aromatic N) is 3. The van der Waals surface area contributed by atoms with E-state index in [0.717, 1.165) is 6.07 Å². The monoisotopic (exact) mass is 297 g/mol. The van der Waals surface area contributed by atoms with Gasteiger partial charge >= 0.3 is 5.97 Å². The summed E-state index contributed by atoms with van der Waals surface area (Å²) in [6, 6.07) is 3.87. The standard InChI is InChI=1S/C13H13ClFN3O2/c1-3-11-16-17-12(7-14)18(11)10-5-4-8(15)6-9(10)13(19)20-2/h4-6H,3,7H2,1-2H3. The number of hydrogen-bond donors (Lipinski definition) is 0. The minimum absolute atomic E-state index is 0.105. The third-order valence-corrected chi connectivity index (χ3v) is 3.08. The number of aryl methyl sites for hydroxylation is 1. The molecule has 20 heavy (non-hydrogen) atoms. The number of carbonyl (C=O) groups is 1. The van der Waals surface area contributed by atoms with Crippen LogP contribution in [0.3, 0.4) is 0 Å². The number of halogens is 2. The van der Waals surface area contributed by atoms with Crippen molar-refractivity contribution in [1.29, 1.82) is 0 Å². The predicted octanol–water partition coefficient (Wildman–Crippen LogP) is 2.49. The van der Waals surface area contributed by atoms with Gasteiger partial charge in [-0.15, -0.1) is 21.8 Å². The molecule has 0 bridgehead atoms. The molecule has 0 aliphatic carbocycles. The third-order valence-electron chi connectivity index (χ3n) is 2.84. The van der Waals surface area contributed by atoms with Crippen molar-refractivity contribution in [3.05, 3.63) is 41.2 Å². The van der Waals surface area contributed by atoms with Crippen LogP contribution in [0.5, 0.6) is 0 Å². The van der Waals surface area contributed by atoms with E-state index in [1.165, 1.54) is 19.2 Å². The highest BCUT2D eigenvalue weighted by atomic mass is 35.5. The quantitative estimate of drug-likeness (QED) is 0.643. The van der Waals surface area contributed by atoms with Crippen molar-refractivity contribution in [2.45, 2.75) is 19.2 Å². The Morgan fingerprint density at radius 1 is 1.40 bits per heavy atom. The molecule has 0 N–H and O–H groups in total. The molecule has 106 valence electrons. The van der Waals surface area contributed by atoms with Gasteiger partial charge in [0.1, 0.15) is 11.6 Å². The summed E-state index contributed by atoms with van der Waals surface area (Å²) in [6.07, 6.45) is 0.599. The van der Waals surface area contributed by atoms with Crippen LogP contribution in [-0.2, 0) is 17.0 Å². The molecule has 1 aromatic heterocycles. The summed E-state index contributed by atoms with van der Waals surface area (Å²) in [5, 5.41) is 7.98. The minimum Gasteiger partial charge on any atom is -0.465 e. The van der Waals surface area contributed by atoms with Crippen LogP contribution < -0.4 is 0 Å². The fraction of sp³-hybridized carbons (Fsp3) is 0.308. The average Bonchev–Trinajstić information content (AvgIpc) is 2.89. The number of esters is 1. The Kier molecular flexibility index (Phi) is 4.34. The Bertz CT molecular complexity index is 621. The Labute approximate surface area is 120 Å². The molecule has 2 rings (SSSR count). The number of alkyl halides is 1. The van der Waals surface area contributed by atoms with Crippen LogP contribution in [-0.4, -0.2) is 27.8 Å². The van der Waals surface area contributed by atoms with Gasteiger partial charge in [0, 0.05) is 6.42 Å². The lowest BCUT2D eigenvalue weighted by Crippen LogP contribution is -2.12. The van der Waals surface area contributed by atoms with Gasteiger partial charge in [-0.2, -0.15) is 0 Å². The highest BCUT2D eigenvalue weighted by Crippen LogP contribution is 2.21. The van der Waals surface area contributed by atoms with Crippen LogP contribution in [0.15, 0.2) is 18.2 Å². The normalized spacial score (nSPS) is 10.6. The molecule has 1 heterocycles. The molecule has 2 aromatic rings. The van der Waals surface area contributed by atoms with E-state index < -0.39 is 11.8 Å². The molecule has 5 nitrogen and oxygen atoms in total. The second-order valence-electron chi connectivity index (χ2n) is 4.01. The maximum Gasteiger partial charge on any atom is 0.340 e. The van der Waals surface area contributed by atoms with E-state index in [0.29, 0.717) is 23.8 Å². The Morgan fingerprint density at radius 2 is 2.10 bits per heavy atom. The van der Waals surface area contributed by atoms with Gasteiger partial charge in [0.15, 0.2) is 5.82 Å². The number of benzene rings is 1. The molecule has 7 heteroatoms. The number of hydrogen-bond acceptors (Lipinski definition) is 4. The summed E-state index contributed by atoms with van der Waals surface area (Å²) >= 11 is 5.84. The van der Waals surface area contributed by atoms with Crippen molar-refractivity contribution in [2.24, 2.45) is 0 Å². The first-order valence-corrected chi connectivity index (χ1v) is 6.53. The zero-order valence-corrected chi connectivity index (χ0v) is 11.8. The Hall–Kier alpha value is -1.95. The lowest BCUT2D eigenvalue weighted by atomic mass is 10.1. The molecule has 0 saturated carbocycles. The Morgan fingerprint density at radius 3 is 2.70 bits per heavy atom. The van der Waals surface area contributed by atoms with Crippen molar-refractivity contribution in [1.82, 2.24) is 14.8 Å². The van der Waals surface area contributed by atoms with Gasteiger partial charge in [0.05, 0.1) is 24.2 Å². The van der Waals surface area contributed by atoms with E-state index >= 15 is 0 Å². The molecule has 0 radical (unpaired) electrons. The van der Waals surface area contributed by atoms with E-state index in [1.807, 2.05) is 6.92 Å². The highest BCUT2D eigenvalue weighted by Gasteiger charge is 2.19. The number of methoxy groups -OCH3 is 1. The fourth-order valence-electron chi connectivity index (χ4n) is 1.92. The summed E-state index contributed by atoms with van der Waals surface area (Å²) in [5.74, 6) is 0.103. The smallest absolute Gasteiger partial charge is 0.340 e. The van der Waals surface area contributed by atoms with Gasteiger partial charge in [-0.25, -0.2) is 9.18 Å². The van der Waals surface area contributed by atoms with E-state index in [4.69, 9.17) is 11.6 Å². The molecule has 0 aliphatic rings. The molecule has 0 saturated heterocycles. The average molecular weight is 298 g/mol. The van der Waals surface area contributed by atoms with Gasteiger partial charge in [-0.05, 0) is 18.2 Å². The molecule has 0 aliphatic heterocycles. The van der Waals surface area contributed by atoms with Crippen molar-refractivity contribution < 1.29 is 13.9 Å². The Balaban J connectivity index is 2.69. The maximum absolute atomic E-state index is 13.4. The zero-order valence-electron chi connectivity index (χ0n) is 11.1. The first-order valence-electron chi connectivity index (χ1n) is 5.99. The summed E-state index contributed by atoms with van der Waals surface area (Å²) in [4.78, 5) is 11.8. The summed E-state index contributed by atoms with van der Waals surface area (Å²) in [5.41, 5.74) is 0.559. The first kappa shape index (κ1) is 14.5. The molecule has 0 fully saturated rings. The topological polar surface area (TPSA) is 57.0 Å². The number of aromatic nitrogens is 3. The molecule has 1 aromatic carbocycles. The largest absolute Gasteiger partial charge is 0.465 e. The first-order chi connectivity index (χ1) is 9.62. The molecule has 0 amide bonds. The predicted molar refractivity (Wildman–Crippen MR) is 71.6 cm³/mol. The van der Waals surface area contributed by atoms with Crippen LogP contribution in [0.2, 0.25) is 0 Å². The van der Waals surface area contributed by atoms with Crippen LogP contribution in [0.25, 0.3) is 5.69 Å². The number of ether oxygens (including phenoxy) is 1. The molecular weight excluding hydrogens is 285 g/mol. The van der Waals surface area contributed by atoms with Crippen molar-refractivity contribution in [2.75, 3.05) is 7.11 Å². The third kappa shape index (κ3) is 2.51. The van der Waals surface area contributed by atoms with Gasteiger partial charge in [0.2, 0.25) is 0 Å². The van der Waals surface area contributed by atoms with E-state index in [-0.39, 0.29) is 11.4 Å². The number of carbonyl (C=O) groups excluding carboxylic acids is 1. The second-order valence-corrected chi connectivity index (χ2v) is 4.28. The lowest BCUT2D eigenvalue weighted by molar-refractivity contribution is 0.0600. The summed E-state index contributed by atoms with van der Waals surface area (Å²) < 4.78 is 19.7. The van der Waals surface area contributed by atoms with E-state index in [9.17, 15) is 9.18 Å². The molecule has 0 atom stereocenters. The molecule has 0 unspecified atom stereocenters. The maximum atomic E-state index is 13.4. The van der Waals surface area contributed by atoms with E-state index in [1.54, 1.807) is 4.57 Å². The minimum atomic E-state index is -0.629. The fourth-order valence-corrected chi connectivity index (χ4v) is 2.10. The zero-order chi connectivity index (χ0) is 14.7. The van der Waals surface area contributed by atoms with Crippen molar-refractivity contribution in [3.8, 4) is 5.69 Å². The van der Waals surface area contributed by atoms with Crippen molar-refractivity contribution in [3.63, 3.8) is 0 Å². The van der Waals surface area contributed by atoms with Crippen LogP contribution >= 0.6 is 11.6 Å². The van der Waals surface area contributed by atoms with Gasteiger partial charge in [-0.1, -0.05) is 6.92 Å². The van der Waals surface area contributed by atoms with Crippen LogP contribution in [0, 0.1) is 5.82 Å². The molecular formula is C13H13ClFN3O2. The number of rotatable bonds is 4. The summed E-state index contributed by atoms with van der Waals surface area (Å²) in [6.45, 7) is 1.90. The summed E-state index contributed by atoms with van der Waals surface area (Å²) in [7, 11) is 1.24. The van der Waals surface area contributed by atoms with Gasteiger partial charge in [-0.3, -0.25) is 4.57 Å². The van der Waals surface area contributed by atoms with Crippen LogP contribution in [0.1, 0.15) is 28.9 Å². The SMILES string of the molecule is CCc1nnc(CCl)n1-c1ccc(F)cc1C(=O)OC. The lowest BCUT2D eigenvalue weighted by Gasteiger charge is -2.12. The van der Waals surface area contributed by atoms with E-state index in [2.05, 4.69) is 14.9 Å². The molecule has 0 spiro atoms. The van der Waals surface area contributed by atoms with Crippen molar-refractivity contribution >= 4 is 17.6 Å². The highest BCUT2D eigenvalue weighted by molar-refractivity contribution is 6.16.